The molecule has 17 heavy (non-hydrogen) atoms. The van der Waals surface area contributed by atoms with Gasteiger partial charge >= 0.3 is 0 Å². The molecule has 3 heteroatoms. The molecule has 3 nitrogen and oxygen atoms in total. The van der Waals surface area contributed by atoms with Crippen LogP contribution < -0.4 is 5.73 Å². The molecule has 1 aromatic rings. The van der Waals surface area contributed by atoms with E-state index in [1.54, 1.807) is 7.11 Å². The number of ether oxygens (including phenoxy) is 1. The molecule has 0 spiro atoms. The second-order valence-electron chi connectivity index (χ2n) is 4.21. The maximum absolute atomic E-state index is 5.60. The first-order valence-corrected chi connectivity index (χ1v) is 6.32. The summed E-state index contributed by atoms with van der Waals surface area (Å²) in [6.07, 6.45) is 2.31. The molecule has 0 aromatic heterocycles. The van der Waals surface area contributed by atoms with Crippen LogP contribution in [-0.2, 0) is 11.2 Å². The zero-order chi connectivity index (χ0) is 12.3. The van der Waals surface area contributed by atoms with Gasteiger partial charge in [0.25, 0.3) is 0 Å². The summed E-state index contributed by atoms with van der Waals surface area (Å²) in [6.45, 7) is 4.52. The minimum absolute atomic E-state index is 0.717. The average Bonchev–Trinajstić information content (AvgIpc) is 2.37. The maximum atomic E-state index is 5.60. The van der Waals surface area contributed by atoms with Crippen molar-refractivity contribution in [2.24, 2.45) is 5.73 Å². The lowest BCUT2D eigenvalue weighted by Crippen LogP contribution is -2.33. The van der Waals surface area contributed by atoms with Gasteiger partial charge in [0.2, 0.25) is 0 Å². The van der Waals surface area contributed by atoms with Gasteiger partial charge in [0.1, 0.15) is 0 Å². The Labute approximate surface area is 105 Å². The predicted octanol–water partition coefficient (Wildman–Crippen LogP) is 1.53. The van der Waals surface area contributed by atoms with Crippen LogP contribution in [0.25, 0.3) is 0 Å². The number of rotatable bonds is 9. The van der Waals surface area contributed by atoms with E-state index in [9.17, 15) is 0 Å². The van der Waals surface area contributed by atoms with E-state index < -0.39 is 0 Å². The van der Waals surface area contributed by atoms with Gasteiger partial charge in [0, 0.05) is 26.7 Å². The molecule has 0 radical (unpaired) electrons. The summed E-state index contributed by atoms with van der Waals surface area (Å²) in [5, 5.41) is 0. The zero-order valence-corrected chi connectivity index (χ0v) is 10.8. The fraction of sp³-hybridized carbons (Fsp3) is 0.571. The molecule has 0 aliphatic carbocycles. The molecule has 0 heterocycles. The zero-order valence-electron chi connectivity index (χ0n) is 10.8. The fourth-order valence-electron chi connectivity index (χ4n) is 1.89. The summed E-state index contributed by atoms with van der Waals surface area (Å²) in [7, 11) is 1.74. The first kappa shape index (κ1) is 14.2. The molecule has 0 aliphatic rings. The molecule has 0 aliphatic heterocycles. The molecule has 96 valence electrons. The Kier molecular flexibility index (Phi) is 7.63. The van der Waals surface area contributed by atoms with Crippen molar-refractivity contribution in [1.29, 1.82) is 0 Å². The largest absolute Gasteiger partial charge is 0.383 e. The van der Waals surface area contributed by atoms with E-state index in [-0.39, 0.29) is 0 Å². The lowest BCUT2D eigenvalue weighted by Gasteiger charge is -2.20. The highest BCUT2D eigenvalue weighted by molar-refractivity contribution is 5.14. The van der Waals surface area contributed by atoms with Crippen LogP contribution in [0.1, 0.15) is 12.0 Å². The monoisotopic (exact) mass is 236 g/mol. The van der Waals surface area contributed by atoms with E-state index in [2.05, 4.69) is 35.2 Å². The summed E-state index contributed by atoms with van der Waals surface area (Å²) < 4.78 is 5.10. The van der Waals surface area contributed by atoms with Crippen molar-refractivity contribution in [3.8, 4) is 0 Å². The molecule has 0 amide bonds. The summed E-state index contributed by atoms with van der Waals surface area (Å²) in [5.74, 6) is 0. The van der Waals surface area contributed by atoms with Gasteiger partial charge in [-0.05, 0) is 24.9 Å². The lowest BCUT2D eigenvalue weighted by molar-refractivity contribution is 0.148. The highest BCUT2D eigenvalue weighted by atomic mass is 16.5. The van der Waals surface area contributed by atoms with Gasteiger partial charge in [-0.25, -0.2) is 0 Å². The van der Waals surface area contributed by atoms with E-state index in [1.807, 2.05) is 0 Å². The van der Waals surface area contributed by atoms with Crippen LogP contribution in [0, 0.1) is 0 Å². The van der Waals surface area contributed by atoms with Crippen molar-refractivity contribution >= 4 is 0 Å². The molecule has 0 unspecified atom stereocenters. The predicted molar refractivity (Wildman–Crippen MR) is 72.1 cm³/mol. The number of aryl methyl sites for hydroxylation is 1. The van der Waals surface area contributed by atoms with Crippen LogP contribution in [0.4, 0.5) is 0 Å². The molecule has 0 fully saturated rings. The van der Waals surface area contributed by atoms with Gasteiger partial charge in [0.15, 0.2) is 0 Å². The van der Waals surface area contributed by atoms with E-state index in [0.717, 1.165) is 39.2 Å². The fourth-order valence-corrected chi connectivity index (χ4v) is 1.89. The minimum atomic E-state index is 0.717. The van der Waals surface area contributed by atoms with E-state index in [1.165, 1.54) is 12.0 Å². The average molecular weight is 236 g/mol. The van der Waals surface area contributed by atoms with Crippen LogP contribution in [-0.4, -0.2) is 44.8 Å². The molecule has 1 rings (SSSR count). The molecule has 0 atom stereocenters. The third kappa shape index (κ3) is 6.41. The standard InChI is InChI=1S/C14H24N2O/c1-17-13-12-16(11-9-15)10-5-8-14-6-3-2-4-7-14/h2-4,6-7H,5,8-13,15H2,1H3. The normalized spacial score (nSPS) is 11.0. The van der Waals surface area contributed by atoms with Gasteiger partial charge in [-0.15, -0.1) is 0 Å². The van der Waals surface area contributed by atoms with Crippen molar-refractivity contribution in [3.05, 3.63) is 35.9 Å². The highest BCUT2D eigenvalue weighted by Crippen LogP contribution is 2.03. The van der Waals surface area contributed by atoms with E-state index in [4.69, 9.17) is 10.5 Å². The summed E-state index contributed by atoms with van der Waals surface area (Å²) >= 11 is 0. The Morgan fingerprint density at radius 1 is 1.12 bits per heavy atom. The Morgan fingerprint density at radius 2 is 1.88 bits per heavy atom. The lowest BCUT2D eigenvalue weighted by atomic mass is 10.1. The number of hydrogen-bond acceptors (Lipinski definition) is 3. The van der Waals surface area contributed by atoms with Crippen LogP contribution >= 0.6 is 0 Å². The minimum Gasteiger partial charge on any atom is -0.383 e. The summed E-state index contributed by atoms with van der Waals surface area (Å²) in [4.78, 5) is 2.37. The SMILES string of the molecule is COCCN(CCN)CCCc1ccccc1. The van der Waals surface area contributed by atoms with Crippen molar-refractivity contribution < 1.29 is 4.74 Å². The summed E-state index contributed by atoms with van der Waals surface area (Å²) in [6, 6.07) is 10.6. The third-order valence-corrected chi connectivity index (χ3v) is 2.84. The van der Waals surface area contributed by atoms with Crippen LogP contribution in [0.3, 0.4) is 0 Å². The first-order valence-electron chi connectivity index (χ1n) is 6.32. The molecule has 0 saturated carbocycles. The van der Waals surface area contributed by atoms with Crippen LogP contribution in [0.5, 0.6) is 0 Å². The Morgan fingerprint density at radius 3 is 2.53 bits per heavy atom. The van der Waals surface area contributed by atoms with Crippen molar-refractivity contribution in [2.45, 2.75) is 12.8 Å². The molecular weight excluding hydrogens is 212 g/mol. The highest BCUT2D eigenvalue weighted by Gasteiger charge is 2.03. The molecule has 1 aromatic carbocycles. The summed E-state index contributed by atoms with van der Waals surface area (Å²) in [5.41, 5.74) is 7.01. The number of methoxy groups -OCH3 is 1. The molecular formula is C14H24N2O. The van der Waals surface area contributed by atoms with Crippen LogP contribution in [0.15, 0.2) is 30.3 Å². The molecule has 0 saturated heterocycles. The number of hydrogen-bond donors (Lipinski definition) is 1. The molecule has 0 bridgehead atoms. The smallest absolute Gasteiger partial charge is 0.0589 e. The van der Waals surface area contributed by atoms with E-state index >= 15 is 0 Å². The van der Waals surface area contributed by atoms with Crippen LogP contribution in [0.2, 0.25) is 0 Å². The number of nitrogens with two attached hydrogens (primary N) is 1. The number of benzene rings is 1. The Balaban J connectivity index is 2.22. The van der Waals surface area contributed by atoms with Crippen molar-refractivity contribution in [2.75, 3.05) is 39.9 Å². The van der Waals surface area contributed by atoms with Gasteiger partial charge in [0.05, 0.1) is 6.61 Å². The second kappa shape index (κ2) is 9.16. The van der Waals surface area contributed by atoms with Gasteiger partial charge in [-0.2, -0.15) is 0 Å². The van der Waals surface area contributed by atoms with Gasteiger partial charge < -0.3 is 10.5 Å². The molecule has 2 N–H and O–H groups in total. The van der Waals surface area contributed by atoms with Crippen molar-refractivity contribution in [1.82, 2.24) is 4.90 Å². The quantitative estimate of drug-likeness (QED) is 0.706. The van der Waals surface area contributed by atoms with E-state index in [0.29, 0.717) is 0 Å². The third-order valence-electron chi connectivity index (χ3n) is 2.84. The maximum Gasteiger partial charge on any atom is 0.0589 e. The Bertz CT molecular complexity index is 277. The first-order chi connectivity index (χ1) is 8.36. The Hall–Kier alpha value is -0.900. The van der Waals surface area contributed by atoms with Gasteiger partial charge in [-0.1, -0.05) is 30.3 Å². The topological polar surface area (TPSA) is 38.5 Å². The van der Waals surface area contributed by atoms with Crippen molar-refractivity contribution in [3.63, 3.8) is 0 Å². The second-order valence-corrected chi connectivity index (χ2v) is 4.21. The van der Waals surface area contributed by atoms with Gasteiger partial charge in [-0.3, -0.25) is 4.90 Å². The number of nitrogens with zero attached hydrogens (tertiary/aromatic N) is 1.